The molecule has 0 aliphatic carbocycles. The van der Waals surface area contributed by atoms with Crippen LogP contribution in [0.2, 0.25) is 0 Å². The maximum atomic E-state index is 12.0. The fourth-order valence-corrected chi connectivity index (χ4v) is 1.96. The molecule has 1 saturated heterocycles. The summed E-state index contributed by atoms with van der Waals surface area (Å²) < 4.78 is 5.08. The largest absolute Gasteiger partial charge is 0.459 e. The van der Waals surface area contributed by atoms with E-state index in [0.717, 1.165) is 0 Å². The molecule has 1 aliphatic rings. The van der Waals surface area contributed by atoms with Gasteiger partial charge in [0.15, 0.2) is 5.76 Å². The highest BCUT2D eigenvalue weighted by atomic mass is 16.3. The van der Waals surface area contributed by atoms with Gasteiger partial charge in [-0.05, 0) is 12.1 Å². The average Bonchev–Trinajstić information content (AvgIpc) is 2.98. The van der Waals surface area contributed by atoms with Crippen molar-refractivity contribution in [3.63, 3.8) is 0 Å². The lowest BCUT2D eigenvalue weighted by molar-refractivity contribution is 0.0634. The van der Waals surface area contributed by atoms with Crippen molar-refractivity contribution in [1.29, 1.82) is 0 Å². The summed E-state index contributed by atoms with van der Waals surface area (Å²) in [7, 11) is 0. The molecule has 0 bridgehead atoms. The van der Waals surface area contributed by atoms with Gasteiger partial charge in [0.2, 0.25) is 0 Å². The molecule has 1 fully saturated rings. The first-order valence-electron chi connectivity index (χ1n) is 6.28. The summed E-state index contributed by atoms with van der Waals surface area (Å²) in [5.41, 5.74) is 5.33. The van der Waals surface area contributed by atoms with Crippen molar-refractivity contribution in [3.8, 4) is 0 Å². The summed E-state index contributed by atoms with van der Waals surface area (Å²) in [6, 6.07) is 3.20. The van der Waals surface area contributed by atoms with Crippen molar-refractivity contribution < 1.29 is 14.0 Å². The van der Waals surface area contributed by atoms with Crippen molar-refractivity contribution in [1.82, 2.24) is 15.1 Å². The lowest BCUT2D eigenvalue weighted by Gasteiger charge is -2.34. The Kier molecular flexibility index (Phi) is 4.40. The monoisotopic (exact) mass is 266 g/mol. The topological polar surface area (TPSA) is 91.8 Å². The minimum absolute atomic E-state index is 0.129. The number of urea groups is 1. The highest BCUT2D eigenvalue weighted by Gasteiger charge is 2.25. The molecular weight excluding hydrogens is 248 g/mol. The van der Waals surface area contributed by atoms with Crippen LogP contribution in [0.15, 0.2) is 22.8 Å². The summed E-state index contributed by atoms with van der Waals surface area (Å²) in [6.45, 7) is 2.93. The summed E-state index contributed by atoms with van der Waals surface area (Å²) >= 11 is 0. The van der Waals surface area contributed by atoms with Gasteiger partial charge in [-0.3, -0.25) is 4.79 Å². The summed E-state index contributed by atoms with van der Waals surface area (Å²) in [5.74, 6) is 0.202. The lowest BCUT2D eigenvalue weighted by Crippen LogP contribution is -2.53. The van der Waals surface area contributed by atoms with E-state index < -0.39 is 0 Å². The van der Waals surface area contributed by atoms with E-state index in [1.807, 2.05) is 0 Å². The smallest absolute Gasteiger partial charge is 0.317 e. The van der Waals surface area contributed by atoms with Crippen molar-refractivity contribution in [2.45, 2.75) is 0 Å². The van der Waals surface area contributed by atoms with Crippen LogP contribution in [-0.4, -0.2) is 61.0 Å². The molecule has 104 valence electrons. The van der Waals surface area contributed by atoms with Crippen LogP contribution in [0.5, 0.6) is 0 Å². The molecule has 0 aromatic carbocycles. The predicted molar refractivity (Wildman–Crippen MR) is 68.6 cm³/mol. The molecule has 0 radical (unpaired) electrons. The Hall–Kier alpha value is -2.02. The van der Waals surface area contributed by atoms with Gasteiger partial charge < -0.3 is 25.3 Å². The third-order valence-electron chi connectivity index (χ3n) is 3.01. The maximum absolute atomic E-state index is 12.0. The highest BCUT2D eigenvalue weighted by Crippen LogP contribution is 2.09. The predicted octanol–water partition coefficient (Wildman–Crippen LogP) is -0.294. The molecule has 7 heteroatoms. The Labute approximate surface area is 111 Å². The molecule has 0 spiro atoms. The molecule has 1 aromatic heterocycles. The summed E-state index contributed by atoms with van der Waals surface area (Å²) in [4.78, 5) is 27.1. The van der Waals surface area contributed by atoms with Gasteiger partial charge >= 0.3 is 6.03 Å². The van der Waals surface area contributed by atoms with Crippen LogP contribution < -0.4 is 11.1 Å². The Morgan fingerprint density at radius 1 is 1.26 bits per heavy atom. The van der Waals surface area contributed by atoms with E-state index >= 15 is 0 Å². The first-order valence-corrected chi connectivity index (χ1v) is 6.28. The second kappa shape index (κ2) is 6.24. The average molecular weight is 266 g/mol. The van der Waals surface area contributed by atoms with Crippen LogP contribution in [0.4, 0.5) is 4.79 Å². The summed E-state index contributed by atoms with van der Waals surface area (Å²) in [6.07, 6.45) is 1.48. The van der Waals surface area contributed by atoms with E-state index in [-0.39, 0.29) is 11.9 Å². The maximum Gasteiger partial charge on any atom is 0.317 e. The zero-order chi connectivity index (χ0) is 13.7. The van der Waals surface area contributed by atoms with Gasteiger partial charge in [0.05, 0.1) is 6.26 Å². The van der Waals surface area contributed by atoms with E-state index in [9.17, 15) is 9.59 Å². The minimum Gasteiger partial charge on any atom is -0.459 e. The van der Waals surface area contributed by atoms with Gasteiger partial charge in [0, 0.05) is 39.3 Å². The fraction of sp³-hybridized carbons (Fsp3) is 0.500. The van der Waals surface area contributed by atoms with Crippen LogP contribution in [0, 0.1) is 0 Å². The number of hydrogen-bond acceptors (Lipinski definition) is 4. The van der Waals surface area contributed by atoms with Crippen molar-refractivity contribution in [2.24, 2.45) is 5.73 Å². The number of nitrogens with zero attached hydrogens (tertiary/aromatic N) is 2. The highest BCUT2D eigenvalue weighted by molar-refractivity contribution is 5.91. The van der Waals surface area contributed by atoms with Gasteiger partial charge in [-0.2, -0.15) is 0 Å². The molecule has 1 aromatic rings. The standard InChI is InChI=1S/C12H18N4O3/c13-3-4-14-12(18)16-7-5-15(6-8-16)11(17)10-2-1-9-19-10/h1-2,9H,3-8,13H2,(H,14,18). The number of furan rings is 1. The van der Waals surface area contributed by atoms with Crippen LogP contribution in [0.3, 0.4) is 0 Å². The number of nitrogens with one attached hydrogen (secondary N) is 1. The number of nitrogens with two attached hydrogens (primary N) is 1. The SMILES string of the molecule is NCCNC(=O)N1CCN(C(=O)c2ccco2)CC1. The first kappa shape index (κ1) is 13.4. The zero-order valence-corrected chi connectivity index (χ0v) is 10.7. The first-order chi connectivity index (χ1) is 9.22. The Morgan fingerprint density at radius 3 is 2.53 bits per heavy atom. The Morgan fingerprint density at radius 2 is 1.95 bits per heavy atom. The number of carbonyl (C=O) groups excluding carboxylic acids is 2. The van der Waals surface area contributed by atoms with Crippen LogP contribution in [0.1, 0.15) is 10.6 Å². The molecule has 3 amide bonds. The molecule has 1 aliphatic heterocycles. The van der Waals surface area contributed by atoms with Crippen molar-refractivity contribution >= 4 is 11.9 Å². The molecule has 0 unspecified atom stereocenters. The lowest BCUT2D eigenvalue weighted by atomic mass is 10.3. The van der Waals surface area contributed by atoms with Crippen LogP contribution >= 0.6 is 0 Å². The third-order valence-corrected chi connectivity index (χ3v) is 3.01. The van der Waals surface area contributed by atoms with Crippen molar-refractivity contribution in [2.75, 3.05) is 39.3 Å². The van der Waals surface area contributed by atoms with E-state index in [2.05, 4.69) is 5.32 Å². The molecule has 0 atom stereocenters. The van der Waals surface area contributed by atoms with Gasteiger partial charge in [-0.25, -0.2) is 4.79 Å². The van der Waals surface area contributed by atoms with E-state index in [1.165, 1.54) is 6.26 Å². The van der Waals surface area contributed by atoms with Gasteiger partial charge in [-0.15, -0.1) is 0 Å². The number of carbonyl (C=O) groups is 2. The molecule has 2 heterocycles. The Balaban J connectivity index is 1.82. The molecule has 0 saturated carbocycles. The zero-order valence-electron chi connectivity index (χ0n) is 10.7. The molecule has 2 rings (SSSR count). The number of hydrogen-bond donors (Lipinski definition) is 2. The van der Waals surface area contributed by atoms with Gasteiger partial charge in [0.25, 0.3) is 5.91 Å². The molecule has 19 heavy (non-hydrogen) atoms. The number of piperazine rings is 1. The number of amides is 3. The quantitative estimate of drug-likeness (QED) is 0.786. The van der Waals surface area contributed by atoms with E-state index in [0.29, 0.717) is 45.0 Å². The van der Waals surface area contributed by atoms with E-state index in [1.54, 1.807) is 21.9 Å². The second-order valence-corrected chi connectivity index (χ2v) is 4.28. The molecule has 7 nitrogen and oxygen atoms in total. The summed E-state index contributed by atoms with van der Waals surface area (Å²) in [5, 5.41) is 2.71. The molecule has 3 N–H and O–H groups in total. The molecular formula is C12H18N4O3. The normalized spacial score (nSPS) is 15.4. The van der Waals surface area contributed by atoms with Crippen LogP contribution in [0.25, 0.3) is 0 Å². The van der Waals surface area contributed by atoms with Gasteiger partial charge in [-0.1, -0.05) is 0 Å². The minimum atomic E-state index is -0.132. The third kappa shape index (κ3) is 3.25. The fourth-order valence-electron chi connectivity index (χ4n) is 1.96. The van der Waals surface area contributed by atoms with Crippen molar-refractivity contribution in [3.05, 3.63) is 24.2 Å². The second-order valence-electron chi connectivity index (χ2n) is 4.28. The van der Waals surface area contributed by atoms with Gasteiger partial charge in [0.1, 0.15) is 0 Å². The number of rotatable bonds is 3. The van der Waals surface area contributed by atoms with Crippen LogP contribution in [-0.2, 0) is 0 Å². The van der Waals surface area contributed by atoms with E-state index in [4.69, 9.17) is 10.2 Å². The Bertz CT molecular complexity index is 424.